The molecule has 0 saturated heterocycles. The molecular weight excluding hydrogens is 479 g/mol. The number of hydrogen-bond donors (Lipinski definition) is 2. The van der Waals surface area contributed by atoms with Gasteiger partial charge >= 0.3 is 18.0 Å². The molecule has 1 aromatic heterocycles. The number of hydrogen-bond acceptors (Lipinski definition) is 7. The molecule has 31 heavy (non-hydrogen) atoms. The third-order valence-corrected chi connectivity index (χ3v) is 4.71. The predicted octanol–water partition coefficient (Wildman–Crippen LogP) is 2.97. The van der Waals surface area contributed by atoms with Crippen LogP contribution < -0.4 is 15.4 Å². The van der Waals surface area contributed by atoms with Gasteiger partial charge in [0.2, 0.25) is 0 Å². The number of nitrogens with one attached hydrogen (secondary N) is 2. The minimum Gasteiger partial charge on any atom is -0.481 e. The average Bonchev–Trinajstić information content (AvgIpc) is 3.26. The highest BCUT2D eigenvalue weighted by Crippen LogP contribution is 2.28. The Labute approximate surface area is 184 Å². The second kappa shape index (κ2) is 10.1. The quantitative estimate of drug-likeness (QED) is 0.539. The van der Waals surface area contributed by atoms with Crippen LogP contribution in [-0.4, -0.2) is 37.8 Å². The monoisotopic (exact) mass is 496 g/mol. The van der Waals surface area contributed by atoms with Crippen LogP contribution in [0.1, 0.15) is 18.7 Å². The molecule has 0 spiro atoms. The summed E-state index contributed by atoms with van der Waals surface area (Å²) in [5, 5.41) is 5.04. The number of amides is 2. The number of ether oxygens (including phenoxy) is 3. The number of furan rings is 1. The molecule has 164 valence electrons. The topological polar surface area (TPSA) is 116 Å². The van der Waals surface area contributed by atoms with Crippen molar-refractivity contribution in [2.45, 2.75) is 13.0 Å². The zero-order valence-corrected chi connectivity index (χ0v) is 17.9. The van der Waals surface area contributed by atoms with E-state index in [1.165, 1.54) is 24.5 Å². The summed E-state index contributed by atoms with van der Waals surface area (Å²) in [6.45, 7) is 0.861. The number of esters is 2. The predicted molar refractivity (Wildman–Crippen MR) is 107 cm³/mol. The molecule has 2 amide bonds. The molecule has 1 aliphatic rings. The van der Waals surface area contributed by atoms with E-state index in [0.717, 1.165) is 0 Å². The molecular formula is C20H18BrFN2O7. The van der Waals surface area contributed by atoms with Crippen LogP contribution in [0.4, 0.5) is 9.18 Å². The fourth-order valence-electron chi connectivity index (χ4n) is 2.77. The number of urea groups is 1. The van der Waals surface area contributed by atoms with Crippen LogP contribution in [0.25, 0.3) is 0 Å². The van der Waals surface area contributed by atoms with E-state index >= 15 is 0 Å². The third kappa shape index (κ3) is 5.63. The van der Waals surface area contributed by atoms with E-state index in [1.807, 2.05) is 0 Å². The van der Waals surface area contributed by atoms with Gasteiger partial charge in [-0.1, -0.05) is 0 Å². The Bertz CT molecular complexity index is 1010. The summed E-state index contributed by atoms with van der Waals surface area (Å²) < 4.78 is 34.3. The summed E-state index contributed by atoms with van der Waals surface area (Å²) in [7, 11) is 0. The summed E-state index contributed by atoms with van der Waals surface area (Å²) in [5.74, 6) is -1.37. The molecule has 0 aliphatic carbocycles. The van der Waals surface area contributed by atoms with Crippen LogP contribution in [0.5, 0.6) is 5.75 Å². The number of benzene rings is 1. The highest BCUT2D eigenvalue weighted by molar-refractivity contribution is 9.10. The first kappa shape index (κ1) is 22.3. The lowest BCUT2D eigenvalue weighted by Crippen LogP contribution is -2.47. The summed E-state index contributed by atoms with van der Waals surface area (Å²) in [6.07, 6.45) is 1.40. The Hall–Kier alpha value is -3.34. The van der Waals surface area contributed by atoms with Gasteiger partial charge in [-0.3, -0.25) is 0 Å². The van der Waals surface area contributed by atoms with E-state index in [4.69, 9.17) is 18.6 Å². The molecule has 2 N–H and O–H groups in total. The molecule has 9 nitrogen and oxygen atoms in total. The van der Waals surface area contributed by atoms with Crippen LogP contribution >= 0.6 is 15.9 Å². The first-order chi connectivity index (χ1) is 14.9. The van der Waals surface area contributed by atoms with Crippen molar-refractivity contribution in [3.63, 3.8) is 0 Å². The summed E-state index contributed by atoms with van der Waals surface area (Å²) in [5.41, 5.74) is 0.103. The molecule has 11 heteroatoms. The fraction of sp³-hybridized carbons (Fsp3) is 0.250. The zero-order valence-electron chi connectivity index (χ0n) is 16.3. The summed E-state index contributed by atoms with van der Waals surface area (Å²) >= 11 is 3.13. The Morgan fingerprint density at radius 2 is 2.06 bits per heavy atom. The van der Waals surface area contributed by atoms with Gasteiger partial charge in [0, 0.05) is 0 Å². The maximum atomic E-state index is 13.1. The van der Waals surface area contributed by atoms with E-state index in [-0.39, 0.29) is 23.6 Å². The highest BCUT2D eigenvalue weighted by atomic mass is 79.9. The smallest absolute Gasteiger partial charge is 0.344 e. The Morgan fingerprint density at radius 1 is 1.26 bits per heavy atom. The first-order valence-electron chi connectivity index (χ1n) is 9.13. The van der Waals surface area contributed by atoms with E-state index in [9.17, 15) is 18.8 Å². The second-order valence-corrected chi connectivity index (χ2v) is 7.04. The van der Waals surface area contributed by atoms with Crippen LogP contribution in [0.15, 0.2) is 56.8 Å². The van der Waals surface area contributed by atoms with Crippen LogP contribution in [0.2, 0.25) is 0 Å². The summed E-state index contributed by atoms with van der Waals surface area (Å²) in [4.78, 5) is 36.7. The molecule has 2 aromatic rings. The van der Waals surface area contributed by atoms with Crippen molar-refractivity contribution >= 4 is 33.9 Å². The van der Waals surface area contributed by atoms with Crippen molar-refractivity contribution in [1.82, 2.24) is 10.6 Å². The van der Waals surface area contributed by atoms with Gasteiger partial charge in [0.05, 0.1) is 28.6 Å². The normalized spacial score (nSPS) is 15.7. The van der Waals surface area contributed by atoms with E-state index in [2.05, 4.69) is 26.6 Å². The van der Waals surface area contributed by atoms with Crippen molar-refractivity contribution in [2.75, 3.05) is 19.8 Å². The first-order valence-corrected chi connectivity index (χ1v) is 9.93. The van der Waals surface area contributed by atoms with Crippen molar-refractivity contribution in [1.29, 1.82) is 0 Å². The lowest BCUT2D eigenvalue weighted by Gasteiger charge is -2.27. The van der Waals surface area contributed by atoms with E-state index < -0.39 is 43.0 Å². The third-order valence-electron chi connectivity index (χ3n) is 4.09. The van der Waals surface area contributed by atoms with Crippen molar-refractivity contribution < 1.29 is 37.4 Å². The molecule has 0 radical (unpaired) electrons. The van der Waals surface area contributed by atoms with Crippen LogP contribution in [0.3, 0.4) is 0 Å². The molecule has 1 aliphatic heterocycles. The molecule has 1 aromatic carbocycles. The van der Waals surface area contributed by atoms with Crippen LogP contribution in [0, 0.1) is 5.82 Å². The number of halogens is 2. The van der Waals surface area contributed by atoms with Crippen molar-refractivity contribution in [3.8, 4) is 5.75 Å². The minimum atomic E-state index is -0.914. The number of carbonyl (C=O) groups excluding carboxylic acids is 3. The largest absolute Gasteiger partial charge is 0.481 e. The van der Waals surface area contributed by atoms with Gasteiger partial charge in [0.25, 0.3) is 0 Å². The van der Waals surface area contributed by atoms with Crippen LogP contribution in [-0.2, 0) is 19.1 Å². The Balaban J connectivity index is 1.72. The minimum absolute atomic E-state index is 0.0476. The Morgan fingerprint density at radius 3 is 2.74 bits per heavy atom. The molecule has 3 rings (SSSR count). The van der Waals surface area contributed by atoms with Gasteiger partial charge in [-0.05, 0) is 53.2 Å². The lowest BCUT2D eigenvalue weighted by atomic mass is 10.0. The Kier molecular flexibility index (Phi) is 7.29. The summed E-state index contributed by atoms with van der Waals surface area (Å²) in [6, 6.07) is 5.41. The maximum Gasteiger partial charge on any atom is 0.344 e. The van der Waals surface area contributed by atoms with E-state index in [1.54, 1.807) is 19.1 Å². The maximum absolute atomic E-state index is 13.1. The second-order valence-electron chi connectivity index (χ2n) is 6.18. The number of carbonyl (C=O) groups is 3. The van der Waals surface area contributed by atoms with Gasteiger partial charge in [0.1, 0.15) is 30.0 Å². The molecule has 0 bridgehead atoms. The molecule has 1 atom stereocenters. The number of rotatable bonds is 8. The fourth-order valence-corrected chi connectivity index (χ4v) is 3.24. The van der Waals surface area contributed by atoms with Gasteiger partial charge in [-0.25, -0.2) is 18.8 Å². The van der Waals surface area contributed by atoms with Gasteiger partial charge in [0.15, 0.2) is 6.61 Å². The lowest BCUT2D eigenvalue weighted by molar-refractivity contribution is -0.145. The SMILES string of the molecule is CCOC(=O)C1=C(COC(=O)COc2ccc(F)cc2Br)NC(=O)NC1c1ccco1. The highest BCUT2D eigenvalue weighted by Gasteiger charge is 2.35. The molecule has 2 heterocycles. The molecule has 1 unspecified atom stereocenters. The van der Waals surface area contributed by atoms with Gasteiger partial charge in [-0.2, -0.15) is 0 Å². The molecule has 0 saturated carbocycles. The van der Waals surface area contributed by atoms with Gasteiger partial charge in [-0.15, -0.1) is 0 Å². The van der Waals surface area contributed by atoms with Crippen molar-refractivity contribution in [3.05, 3.63) is 63.9 Å². The molecule has 0 fully saturated rings. The zero-order chi connectivity index (χ0) is 22.4. The van der Waals surface area contributed by atoms with Crippen molar-refractivity contribution in [2.24, 2.45) is 0 Å². The van der Waals surface area contributed by atoms with Gasteiger partial charge < -0.3 is 29.3 Å². The standard InChI is InChI=1S/C20H18BrFN2O7/c1-2-28-19(26)17-13(23-20(27)24-18(17)15-4-3-7-29-15)9-31-16(25)10-30-14-6-5-11(22)8-12(14)21/h3-8,18H,2,9-10H2,1H3,(H2,23,24,27). The van der Waals surface area contributed by atoms with E-state index in [0.29, 0.717) is 10.2 Å². The average molecular weight is 497 g/mol.